The normalized spacial score (nSPS) is 14.1. The van der Waals surface area contributed by atoms with Crippen LogP contribution in [-0.4, -0.2) is 29.6 Å². The van der Waals surface area contributed by atoms with E-state index in [4.69, 9.17) is 0 Å². The van der Waals surface area contributed by atoms with E-state index in [2.05, 4.69) is 15.5 Å². The number of aromatic amines is 1. The molecule has 1 aromatic heterocycles. The molecule has 0 bridgehead atoms. The maximum Gasteiger partial charge on any atom is 0.217 e. The van der Waals surface area contributed by atoms with Crippen LogP contribution in [0.25, 0.3) is 0 Å². The summed E-state index contributed by atoms with van der Waals surface area (Å²) in [5.74, 6) is 0. The van der Waals surface area contributed by atoms with Crippen LogP contribution < -0.4 is 5.32 Å². The van der Waals surface area contributed by atoms with Crippen molar-refractivity contribution in [1.29, 1.82) is 0 Å². The average molecular weight is 180 g/mol. The van der Waals surface area contributed by atoms with Crippen LogP contribution in [0.2, 0.25) is 0 Å². The molecule has 0 aromatic carbocycles. The number of aromatic nitrogens is 2. The topological polar surface area (TPSA) is 57.8 Å². The SMILES string of the molecule is CNC([C]=O)C(C)(C)c1cc[nH]n1. The molecule has 1 unspecified atom stereocenters. The molecule has 1 atom stereocenters. The second kappa shape index (κ2) is 3.70. The van der Waals surface area contributed by atoms with Crippen molar-refractivity contribution in [2.24, 2.45) is 0 Å². The quantitative estimate of drug-likeness (QED) is 0.704. The molecule has 1 heterocycles. The first-order chi connectivity index (χ1) is 6.12. The molecule has 0 fully saturated rings. The van der Waals surface area contributed by atoms with Gasteiger partial charge in [0.25, 0.3) is 0 Å². The van der Waals surface area contributed by atoms with Crippen LogP contribution in [0.3, 0.4) is 0 Å². The van der Waals surface area contributed by atoms with E-state index in [1.807, 2.05) is 26.2 Å². The van der Waals surface area contributed by atoms with Gasteiger partial charge >= 0.3 is 0 Å². The fourth-order valence-corrected chi connectivity index (χ4v) is 1.33. The fourth-order valence-electron chi connectivity index (χ4n) is 1.33. The number of hydrogen-bond acceptors (Lipinski definition) is 3. The van der Waals surface area contributed by atoms with Crippen LogP contribution in [0.1, 0.15) is 19.5 Å². The van der Waals surface area contributed by atoms with Crippen LogP contribution in [0.5, 0.6) is 0 Å². The summed E-state index contributed by atoms with van der Waals surface area (Å²) in [6.07, 6.45) is 3.71. The molecule has 2 N–H and O–H groups in total. The van der Waals surface area contributed by atoms with Crippen molar-refractivity contribution in [2.75, 3.05) is 7.05 Å². The maximum absolute atomic E-state index is 10.7. The number of rotatable bonds is 4. The van der Waals surface area contributed by atoms with Gasteiger partial charge in [-0.1, -0.05) is 13.8 Å². The summed E-state index contributed by atoms with van der Waals surface area (Å²) in [6, 6.07) is 1.53. The highest BCUT2D eigenvalue weighted by Crippen LogP contribution is 2.23. The van der Waals surface area contributed by atoms with Gasteiger partial charge in [-0.3, -0.25) is 9.89 Å². The first-order valence-corrected chi connectivity index (χ1v) is 4.18. The number of likely N-dealkylation sites (N-methyl/N-ethyl adjacent to an activating group) is 1. The minimum absolute atomic E-state index is 0.337. The van der Waals surface area contributed by atoms with Gasteiger partial charge in [-0.05, 0) is 13.1 Å². The molecule has 13 heavy (non-hydrogen) atoms. The van der Waals surface area contributed by atoms with Gasteiger partial charge in [0.2, 0.25) is 6.29 Å². The summed E-state index contributed by atoms with van der Waals surface area (Å²) < 4.78 is 0. The zero-order valence-corrected chi connectivity index (χ0v) is 8.09. The van der Waals surface area contributed by atoms with Crippen molar-refractivity contribution in [1.82, 2.24) is 15.5 Å². The predicted molar refractivity (Wildman–Crippen MR) is 50.2 cm³/mol. The Labute approximate surface area is 77.7 Å². The smallest absolute Gasteiger partial charge is 0.217 e. The molecule has 71 valence electrons. The third-order valence-corrected chi connectivity index (χ3v) is 2.29. The summed E-state index contributed by atoms with van der Waals surface area (Å²) in [5.41, 5.74) is 0.520. The lowest BCUT2D eigenvalue weighted by Gasteiger charge is -2.27. The highest BCUT2D eigenvalue weighted by Gasteiger charge is 2.32. The third kappa shape index (κ3) is 1.78. The van der Waals surface area contributed by atoms with E-state index in [9.17, 15) is 4.79 Å². The fraction of sp³-hybridized carbons (Fsp3) is 0.556. The van der Waals surface area contributed by atoms with Crippen molar-refractivity contribution in [3.8, 4) is 0 Å². The Balaban J connectivity index is 2.93. The second-order valence-corrected chi connectivity index (χ2v) is 3.52. The lowest BCUT2D eigenvalue weighted by molar-refractivity contribution is 0.403. The molecular formula is C9H14N3O. The number of nitrogens with one attached hydrogen (secondary N) is 2. The first-order valence-electron chi connectivity index (χ1n) is 4.18. The molecule has 0 saturated carbocycles. The molecule has 1 radical (unpaired) electrons. The van der Waals surface area contributed by atoms with E-state index in [1.54, 1.807) is 13.2 Å². The second-order valence-electron chi connectivity index (χ2n) is 3.52. The van der Waals surface area contributed by atoms with Crippen molar-refractivity contribution in [3.05, 3.63) is 18.0 Å². The minimum Gasteiger partial charge on any atom is -0.309 e. The molecule has 0 amide bonds. The molecule has 4 heteroatoms. The van der Waals surface area contributed by atoms with Gasteiger partial charge in [0.05, 0.1) is 11.7 Å². The largest absolute Gasteiger partial charge is 0.309 e. The molecule has 1 rings (SSSR count). The molecular weight excluding hydrogens is 166 g/mol. The van der Waals surface area contributed by atoms with Crippen LogP contribution >= 0.6 is 0 Å². The van der Waals surface area contributed by atoms with Gasteiger partial charge in [-0.2, -0.15) is 5.10 Å². The number of carbonyl (C=O) groups excluding carboxylic acids is 1. The van der Waals surface area contributed by atoms with E-state index in [0.29, 0.717) is 0 Å². The van der Waals surface area contributed by atoms with Crippen molar-refractivity contribution in [2.45, 2.75) is 25.3 Å². The Hall–Kier alpha value is -1.16. The summed E-state index contributed by atoms with van der Waals surface area (Å²) in [5, 5.41) is 9.69. The van der Waals surface area contributed by atoms with E-state index in [-0.39, 0.29) is 11.5 Å². The van der Waals surface area contributed by atoms with E-state index < -0.39 is 0 Å². The average Bonchev–Trinajstić information content (AvgIpc) is 2.58. The Kier molecular flexibility index (Phi) is 2.83. The zero-order chi connectivity index (χ0) is 9.90. The minimum atomic E-state index is -0.337. The lowest BCUT2D eigenvalue weighted by atomic mass is 9.82. The predicted octanol–water partition coefficient (Wildman–Crippen LogP) is 0.385. The van der Waals surface area contributed by atoms with Gasteiger partial charge in [0.1, 0.15) is 0 Å². The standard InChI is InChI=1S/C9H14N3O/c1-9(2,8(6-13)10-3)7-4-5-11-12-7/h4-5,8,10H,1-3H3,(H,11,12). The van der Waals surface area contributed by atoms with Crippen LogP contribution in [0.4, 0.5) is 0 Å². The maximum atomic E-state index is 10.7. The Morgan fingerprint density at radius 2 is 2.38 bits per heavy atom. The van der Waals surface area contributed by atoms with Gasteiger partial charge in [-0.25, -0.2) is 0 Å². The zero-order valence-electron chi connectivity index (χ0n) is 8.09. The number of nitrogens with zero attached hydrogens (tertiary/aromatic N) is 1. The van der Waals surface area contributed by atoms with Gasteiger partial charge < -0.3 is 5.32 Å². The van der Waals surface area contributed by atoms with Crippen molar-refractivity contribution >= 4 is 6.29 Å². The summed E-state index contributed by atoms with van der Waals surface area (Å²) >= 11 is 0. The molecule has 4 nitrogen and oxygen atoms in total. The van der Waals surface area contributed by atoms with Crippen molar-refractivity contribution in [3.63, 3.8) is 0 Å². The van der Waals surface area contributed by atoms with Crippen LogP contribution in [0.15, 0.2) is 12.3 Å². The number of hydrogen-bond donors (Lipinski definition) is 2. The van der Waals surface area contributed by atoms with Gasteiger partial charge in [0.15, 0.2) is 0 Å². The third-order valence-electron chi connectivity index (χ3n) is 2.29. The Morgan fingerprint density at radius 3 is 2.77 bits per heavy atom. The lowest BCUT2D eigenvalue weighted by Crippen LogP contribution is -2.44. The Bertz CT molecular complexity index is 266. The monoisotopic (exact) mass is 180 g/mol. The molecule has 0 aliphatic carbocycles. The van der Waals surface area contributed by atoms with Crippen LogP contribution in [0, 0.1) is 0 Å². The summed E-state index contributed by atoms with van der Waals surface area (Å²) in [4.78, 5) is 10.7. The summed E-state index contributed by atoms with van der Waals surface area (Å²) in [6.45, 7) is 3.91. The molecule has 1 aromatic rings. The first kappa shape index (κ1) is 9.92. The number of H-pyrrole nitrogens is 1. The molecule has 0 spiro atoms. The van der Waals surface area contributed by atoms with Gasteiger partial charge in [-0.15, -0.1) is 0 Å². The molecule has 0 aliphatic heterocycles. The van der Waals surface area contributed by atoms with Crippen molar-refractivity contribution < 1.29 is 4.79 Å². The Morgan fingerprint density at radius 1 is 1.69 bits per heavy atom. The van der Waals surface area contributed by atoms with E-state index in [0.717, 1.165) is 5.69 Å². The highest BCUT2D eigenvalue weighted by atomic mass is 16.1. The molecule has 0 saturated heterocycles. The van der Waals surface area contributed by atoms with E-state index in [1.165, 1.54) is 0 Å². The van der Waals surface area contributed by atoms with E-state index >= 15 is 0 Å². The van der Waals surface area contributed by atoms with Crippen LogP contribution in [-0.2, 0) is 10.2 Å². The van der Waals surface area contributed by atoms with Gasteiger partial charge in [0, 0.05) is 11.6 Å². The highest BCUT2D eigenvalue weighted by molar-refractivity contribution is 5.62. The summed E-state index contributed by atoms with van der Waals surface area (Å²) in [7, 11) is 1.74. The molecule has 0 aliphatic rings.